The second-order valence-corrected chi connectivity index (χ2v) is 6.48. The molecular formula is C18H20ClN5O. The lowest BCUT2D eigenvalue weighted by molar-refractivity contribution is -0.116. The van der Waals surface area contributed by atoms with Crippen LogP contribution in [-0.2, 0) is 17.9 Å². The average molecular weight is 358 g/mol. The highest BCUT2D eigenvalue weighted by Crippen LogP contribution is 2.19. The number of aromatic nitrogens is 4. The minimum atomic E-state index is -0.169. The van der Waals surface area contributed by atoms with E-state index in [-0.39, 0.29) is 12.5 Å². The highest BCUT2D eigenvalue weighted by Gasteiger charge is 2.12. The van der Waals surface area contributed by atoms with Crippen molar-refractivity contribution in [2.45, 2.75) is 33.9 Å². The molecule has 3 aromatic rings. The summed E-state index contributed by atoms with van der Waals surface area (Å²) in [6, 6.07) is 8.26. The van der Waals surface area contributed by atoms with Gasteiger partial charge >= 0.3 is 0 Å². The van der Waals surface area contributed by atoms with E-state index in [1.54, 1.807) is 15.6 Å². The third kappa shape index (κ3) is 4.09. The van der Waals surface area contributed by atoms with Crippen LogP contribution in [0.4, 0.5) is 5.69 Å². The van der Waals surface area contributed by atoms with Crippen molar-refractivity contribution >= 4 is 23.2 Å². The van der Waals surface area contributed by atoms with Crippen LogP contribution in [-0.4, -0.2) is 25.5 Å². The molecule has 1 aromatic carbocycles. The molecule has 3 rings (SSSR count). The van der Waals surface area contributed by atoms with Crippen LogP contribution in [0.15, 0.2) is 36.7 Å². The highest BCUT2D eigenvalue weighted by atomic mass is 35.5. The van der Waals surface area contributed by atoms with Crippen LogP contribution in [0.25, 0.3) is 0 Å². The second kappa shape index (κ2) is 7.11. The largest absolute Gasteiger partial charge is 0.322 e. The van der Waals surface area contributed by atoms with E-state index in [0.29, 0.717) is 17.3 Å². The Hall–Kier alpha value is -2.60. The van der Waals surface area contributed by atoms with Gasteiger partial charge in [0.2, 0.25) is 5.91 Å². The van der Waals surface area contributed by atoms with Gasteiger partial charge in [-0.2, -0.15) is 10.2 Å². The van der Waals surface area contributed by atoms with E-state index in [2.05, 4.69) is 40.6 Å². The van der Waals surface area contributed by atoms with Crippen molar-refractivity contribution in [3.8, 4) is 0 Å². The molecule has 0 saturated heterocycles. The Bertz CT molecular complexity index is 912. The number of aryl methyl sites for hydroxylation is 2. The van der Waals surface area contributed by atoms with Gasteiger partial charge in [0.1, 0.15) is 6.54 Å². The van der Waals surface area contributed by atoms with Gasteiger partial charge in [-0.3, -0.25) is 14.2 Å². The van der Waals surface area contributed by atoms with Crippen molar-refractivity contribution in [1.29, 1.82) is 0 Å². The summed E-state index contributed by atoms with van der Waals surface area (Å²) >= 11 is 6.11. The summed E-state index contributed by atoms with van der Waals surface area (Å²) < 4.78 is 3.40. The Morgan fingerprint density at radius 1 is 1.28 bits per heavy atom. The van der Waals surface area contributed by atoms with E-state index in [9.17, 15) is 4.79 Å². The molecule has 0 saturated carbocycles. The van der Waals surface area contributed by atoms with Gasteiger partial charge < -0.3 is 5.32 Å². The quantitative estimate of drug-likeness (QED) is 0.761. The number of benzene rings is 1. The van der Waals surface area contributed by atoms with Crippen molar-refractivity contribution in [3.63, 3.8) is 0 Å². The first-order valence-corrected chi connectivity index (χ1v) is 8.37. The van der Waals surface area contributed by atoms with Crippen molar-refractivity contribution in [2.24, 2.45) is 0 Å². The first kappa shape index (κ1) is 17.2. The zero-order valence-corrected chi connectivity index (χ0v) is 15.2. The van der Waals surface area contributed by atoms with Crippen LogP contribution < -0.4 is 5.32 Å². The van der Waals surface area contributed by atoms with E-state index in [1.807, 2.05) is 26.1 Å². The number of hydrogen-bond acceptors (Lipinski definition) is 3. The number of carbonyl (C=O) groups is 1. The number of anilines is 1. The van der Waals surface area contributed by atoms with Gasteiger partial charge in [0.25, 0.3) is 0 Å². The lowest BCUT2D eigenvalue weighted by atomic mass is 10.1. The first-order chi connectivity index (χ1) is 11.9. The van der Waals surface area contributed by atoms with E-state index in [1.165, 1.54) is 11.1 Å². The zero-order chi connectivity index (χ0) is 18.0. The van der Waals surface area contributed by atoms with Crippen molar-refractivity contribution < 1.29 is 4.79 Å². The minimum absolute atomic E-state index is 0.114. The van der Waals surface area contributed by atoms with E-state index < -0.39 is 0 Å². The van der Waals surface area contributed by atoms with Crippen LogP contribution >= 0.6 is 11.6 Å². The van der Waals surface area contributed by atoms with Crippen LogP contribution in [0.5, 0.6) is 0 Å². The molecule has 0 fully saturated rings. The molecule has 0 aliphatic carbocycles. The first-order valence-electron chi connectivity index (χ1n) is 7.99. The average Bonchev–Trinajstić information content (AvgIpc) is 3.08. The molecule has 0 atom stereocenters. The summed E-state index contributed by atoms with van der Waals surface area (Å²) in [5.41, 5.74) is 4.53. The van der Waals surface area contributed by atoms with Crippen molar-refractivity contribution in [3.05, 3.63) is 64.2 Å². The van der Waals surface area contributed by atoms with Crippen LogP contribution in [0, 0.1) is 20.8 Å². The fraction of sp³-hybridized carbons (Fsp3) is 0.278. The number of halogens is 1. The predicted octanol–water partition coefficient (Wildman–Crippen LogP) is 3.35. The molecule has 0 spiro atoms. The minimum Gasteiger partial charge on any atom is -0.322 e. The Labute approximate surface area is 151 Å². The standard InChI is InChI=1S/C18H20ClN5O/c1-12-5-4-6-15(7-12)9-23-10-16(8-20-23)21-17(25)11-24-14(3)18(19)13(2)22-24/h4-8,10H,9,11H2,1-3H3,(H,21,25). The number of nitrogens with one attached hydrogen (secondary N) is 1. The Morgan fingerprint density at radius 3 is 2.76 bits per heavy atom. The molecular weight excluding hydrogens is 338 g/mol. The lowest BCUT2D eigenvalue weighted by Crippen LogP contribution is -2.20. The molecule has 0 aliphatic heterocycles. The SMILES string of the molecule is Cc1cccc(Cn2cc(NC(=O)Cn3nc(C)c(Cl)c3C)cn2)c1. The Morgan fingerprint density at radius 2 is 2.08 bits per heavy atom. The predicted molar refractivity (Wildman–Crippen MR) is 97.8 cm³/mol. The summed E-state index contributed by atoms with van der Waals surface area (Å²) in [6.07, 6.45) is 3.45. The highest BCUT2D eigenvalue weighted by molar-refractivity contribution is 6.31. The molecule has 1 amide bonds. The van der Waals surface area contributed by atoms with Crippen molar-refractivity contribution in [2.75, 3.05) is 5.32 Å². The van der Waals surface area contributed by atoms with Gasteiger partial charge in [-0.25, -0.2) is 0 Å². The van der Waals surface area contributed by atoms with Crippen LogP contribution in [0.1, 0.15) is 22.5 Å². The fourth-order valence-electron chi connectivity index (χ4n) is 2.68. The molecule has 0 bridgehead atoms. The molecule has 6 nitrogen and oxygen atoms in total. The maximum absolute atomic E-state index is 12.2. The van der Waals surface area contributed by atoms with Crippen LogP contribution in [0.3, 0.4) is 0 Å². The van der Waals surface area contributed by atoms with E-state index in [4.69, 9.17) is 11.6 Å². The number of carbonyl (C=O) groups excluding carboxylic acids is 1. The number of hydrogen-bond donors (Lipinski definition) is 1. The summed E-state index contributed by atoms with van der Waals surface area (Å²) in [6.45, 7) is 6.49. The summed E-state index contributed by atoms with van der Waals surface area (Å²) in [7, 11) is 0. The molecule has 1 N–H and O–H groups in total. The summed E-state index contributed by atoms with van der Waals surface area (Å²) in [5, 5.41) is 12.0. The second-order valence-electron chi connectivity index (χ2n) is 6.11. The summed E-state index contributed by atoms with van der Waals surface area (Å²) in [4.78, 5) is 12.2. The van der Waals surface area contributed by atoms with Gasteiger partial charge in [-0.1, -0.05) is 41.4 Å². The van der Waals surface area contributed by atoms with Crippen molar-refractivity contribution in [1.82, 2.24) is 19.6 Å². The van der Waals surface area contributed by atoms with Gasteiger partial charge in [0.15, 0.2) is 0 Å². The molecule has 2 heterocycles. The fourth-order valence-corrected chi connectivity index (χ4v) is 2.81. The topological polar surface area (TPSA) is 64.7 Å². The normalized spacial score (nSPS) is 10.9. The molecule has 7 heteroatoms. The monoisotopic (exact) mass is 357 g/mol. The molecule has 130 valence electrons. The van der Waals surface area contributed by atoms with E-state index >= 15 is 0 Å². The molecule has 25 heavy (non-hydrogen) atoms. The van der Waals surface area contributed by atoms with Gasteiger partial charge in [-0.15, -0.1) is 0 Å². The maximum atomic E-state index is 12.2. The number of rotatable bonds is 5. The Balaban J connectivity index is 1.62. The molecule has 2 aromatic heterocycles. The van der Waals surface area contributed by atoms with Crippen LogP contribution in [0.2, 0.25) is 5.02 Å². The lowest BCUT2D eigenvalue weighted by Gasteiger charge is -2.05. The zero-order valence-electron chi connectivity index (χ0n) is 14.5. The third-order valence-electron chi connectivity index (χ3n) is 3.93. The maximum Gasteiger partial charge on any atom is 0.246 e. The summed E-state index contributed by atoms with van der Waals surface area (Å²) in [5.74, 6) is -0.169. The third-order valence-corrected chi connectivity index (χ3v) is 4.48. The molecule has 0 aliphatic rings. The smallest absolute Gasteiger partial charge is 0.246 e. The van der Waals surface area contributed by atoms with Gasteiger partial charge in [-0.05, 0) is 26.3 Å². The Kier molecular flexibility index (Phi) is 4.90. The van der Waals surface area contributed by atoms with Gasteiger partial charge in [0, 0.05) is 6.20 Å². The number of nitrogens with zero attached hydrogens (tertiary/aromatic N) is 4. The van der Waals surface area contributed by atoms with Gasteiger partial charge in [0.05, 0.1) is 34.8 Å². The number of amides is 1. The van der Waals surface area contributed by atoms with E-state index in [0.717, 1.165) is 11.4 Å². The molecule has 0 unspecified atom stereocenters. The molecule has 0 radical (unpaired) electrons.